The van der Waals surface area contributed by atoms with Gasteiger partial charge in [0, 0.05) is 6.42 Å². The van der Waals surface area contributed by atoms with Crippen molar-refractivity contribution in [3.63, 3.8) is 0 Å². The Morgan fingerprint density at radius 2 is 0.900 bits per heavy atom. The lowest BCUT2D eigenvalue weighted by atomic mass is 9.99. The summed E-state index contributed by atoms with van der Waals surface area (Å²) in [6.45, 7) is 5.53. The fraction of sp³-hybridized carbons (Fsp3) is 0.681. The molecule has 80 heavy (non-hydrogen) atoms. The zero-order valence-corrected chi connectivity index (χ0v) is 50.4. The van der Waals surface area contributed by atoms with Crippen LogP contribution in [0.25, 0.3) is 0 Å². The van der Waals surface area contributed by atoms with Gasteiger partial charge in [-0.25, -0.2) is 0 Å². The number of esters is 1. The molecular formula is C69H115NO10. The predicted molar refractivity (Wildman–Crippen MR) is 333 cm³/mol. The van der Waals surface area contributed by atoms with Crippen molar-refractivity contribution >= 4 is 11.9 Å². The van der Waals surface area contributed by atoms with Crippen LogP contribution in [0.5, 0.6) is 0 Å². The molecule has 0 saturated carbocycles. The van der Waals surface area contributed by atoms with E-state index in [0.717, 1.165) is 141 Å². The first kappa shape index (κ1) is 74.1. The van der Waals surface area contributed by atoms with Crippen molar-refractivity contribution in [3.05, 3.63) is 122 Å². The van der Waals surface area contributed by atoms with Gasteiger partial charge >= 0.3 is 5.97 Å². The van der Waals surface area contributed by atoms with Gasteiger partial charge in [0.2, 0.25) is 5.91 Å². The van der Waals surface area contributed by atoms with Gasteiger partial charge < -0.3 is 45.1 Å². The van der Waals surface area contributed by atoms with Gasteiger partial charge in [-0.2, -0.15) is 0 Å². The zero-order chi connectivity index (χ0) is 58.2. The van der Waals surface area contributed by atoms with Gasteiger partial charge in [0.25, 0.3) is 0 Å². The Balaban J connectivity index is 2.66. The monoisotopic (exact) mass is 1120 g/mol. The van der Waals surface area contributed by atoms with E-state index in [1.54, 1.807) is 6.08 Å². The molecule has 1 aliphatic rings. The molecule has 1 aliphatic heterocycles. The minimum absolute atomic E-state index is 0.0962. The molecular weight excluding hydrogens is 1000 g/mol. The molecule has 1 fully saturated rings. The maximum absolute atomic E-state index is 13.4. The molecule has 0 aromatic rings. The lowest BCUT2D eigenvalue weighted by Crippen LogP contribution is -2.61. The van der Waals surface area contributed by atoms with Crippen LogP contribution in [-0.2, 0) is 23.8 Å². The predicted octanol–water partition coefficient (Wildman–Crippen LogP) is 15.4. The minimum atomic E-state index is -1.63. The van der Waals surface area contributed by atoms with Crippen LogP contribution in [0, 0.1) is 0 Å². The van der Waals surface area contributed by atoms with Crippen molar-refractivity contribution in [2.45, 2.75) is 288 Å². The summed E-state index contributed by atoms with van der Waals surface area (Å²) in [7, 11) is 0. The number of hydrogen-bond donors (Lipinski definition) is 6. The smallest absolute Gasteiger partial charge is 0.306 e. The lowest BCUT2D eigenvalue weighted by Gasteiger charge is -2.41. The number of hydrogen-bond acceptors (Lipinski definition) is 10. The Morgan fingerprint density at radius 1 is 0.500 bits per heavy atom. The second kappa shape index (κ2) is 55.6. The van der Waals surface area contributed by atoms with Crippen molar-refractivity contribution in [3.8, 4) is 0 Å². The number of carbonyl (C=O) groups excluding carboxylic acids is 2. The van der Waals surface area contributed by atoms with Gasteiger partial charge in [-0.15, -0.1) is 0 Å². The average Bonchev–Trinajstić information content (AvgIpc) is 3.45. The number of amides is 1. The molecule has 1 heterocycles. The Bertz CT molecular complexity index is 1760. The molecule has 0 radical (unpaired) electrons. The van der Waals surface area contributed by atoms with Gasteiger partial charge in [-0.05, 0) is 109 Å². The first-order valence-electron chi connectivity index (χ1n) is 31.8. The minimum Gasteiger partial charge on any atom is -0.454 e. The molecule has 11 nitrogen and oxygen atoms in total. The molecule has 0 aromatic heterocycles. The number of aliphatic hydroxyl groups is 5. The van der Waals surface area contributed by atoms with Crippen LogP contribution < -0.4 is 5.32 Å². The number of ether oxygens (including phenoxy) is 3. The lowest BCUT2D eigenvalue weighted by molar-refractivity contribution is -0.305. The van der Waals surface area contributed by atoms with E-state index in [4.69, 9.17) is 14.2 Å². The van der Waals surface area contributed by atoms with E-state index < -0.39 is 67.4 Å². The highest BCUT2D eigenvalue weighted by Gasteiger charge is 2.47. The SMILES string of the molecule is CC/C=C\C/C=C\C/C=C\C/C=C\C/C=C\C/C=C\CCCCCCCCC(=O)OC1C(OCC(NC(=O)C(O)CCCCC/C=C/C/C=C/C/C=C/CC)C(O)/C=C/CCCCCCCCCCCCC)OC(CO)C(O)C1O. The van der Waals surface area contributed by atoms with Crippen molar-refractivity contribution in [2.24, 2.45) is 0 Å². The molecule has 0 aromatic carbocycles. The Kier molecular flexibility index (Phi) is 51.5. The molecule has 8 unspecified atom stereocenters. The highest BCUT2D eigenvalue weighted by Crippen LogP contribution is 2.26. The van der Waals surface area contributed by atoms with Gasteiger partial charge in [-0.1, -0.05) is 245 Å². The van der Waals surface area contributed by atoms with E-state index in [2.05, 4.69) is 135 Å². The van der Waals surface area contributed by atoms with Crippen molar-refractivity contribution in [2.75, 3.05) is 13.2 Å². The van der Waals surface area contributed by atoms with Crippen LogP contribution in [0.15, 0.2) is 122 Å². The normalized spacial score (nSPS) is 19.6. The molecule has 0 spiro atoms. The molecule has 456 valence electrons. The largest absolute Gasteiger partial charge is 0.454 e. The van der Waals surface area contributed by atoms with E-state index in [-0.39, 0.29) is 19.4 Å². The molecule has 0 aliphatic carbocycles. The highest BCUT2D eigenvalue weighted by atomic mass is 16.7. The van der Waals surface area contributed by atoms with Crippen molar-refractivity contribution < 1.29 is 49.3 Å². The fourth-order valence-corrected chi connectivity index (χ4v) is 9.14. The molecule has 11 heteroatoms. The standard InChI is InChI=1S/C69H115NO10/c1-4-7-10-13-16-19-22-25-26-27-28-29-30-31-32-33-34-35-36-39-42-45-48-51-54-57-64(74)80-67-66(76)65(75)63(58-71)79-69(67)78-59-60(61(72)55-52-49-46-43-40-37-23-20-17-14-11-8-5-2)70-68(77)62(73)56-53-50-47-44-41-38-24-21-18-15-12-9-6-3/h7,9-10,12,16,18-19,21,25-26,28-29,31-32,34-35,38,41,52,55,60-63,65-67,69,71-73,75-76H,4-6,8,11,13-15,17,20,22-24,27,30,33,36-37,39-40,42-51,53-54,56-59H2,1-3H3,(H,70,77)/b10-7-,12-9+,19-16-,21-18+,26-25-,29-28-,32-31-,35-34-,41-38+,55-52+. The summed E-state index contributed by atoms with van der Waals surface area (Å²) in [5.41, 5.74) is 0. The molecule has 1 amide bonds. The molecule has 6 N–H and O–H groups in total. The third-order valence-electron chi connectivity index (χ3n) is 14.1. The summed E-state index contributed by atoms with van der Waals surface area (Å²) in [4.78, 5) is 26.6. The van der Waals surface area contributed by atoms with Crippen LogP contribution in [0.4, 0.5) is 0 Å². The number of unbranched alkanes of at least 4 members (excludes halogenated alkanes) is 20. The van der Waals surface area contributed by atoms with E-state index >= 15 is 0 Å². The summed E-state index contributed by atoms with van der Waals surface area (Å²) in [6.07, 6.45) is 66.6. The van der Waals surface area contributed by atoms with Crippen LogP contribution in [0.1, 0.15) is 239 Å². The number of allylic oxidation sites excluding steroid dienone is 19. The van der Waals surface area contributed by atoms with Crippen LogP contribution in [0.2, 0.25) is 0 Å². The van der Waals surface area contributed by atoms with E-state index in [1.165, 1.54) is 51.4 Å². The molecule has 1 saturated heterocycles. The third-order valence-corrected chi connectivity index (χ3v) is 14.1. The summed E-state index contributed by atoms with van der Waals surface area (Å²) in [6, 6.07) is -1.05. The Morgan fingerprint density at radius 3 is 1.35 bits per heavy atom. The van der Waals surface area contributed by atoms with Crippen molar-refractivity contribution in [1.82, 2.24) is 5.32 Å². The summed E-state index contributed by atoms with van der Waals surface area (Å²) < 4.78 is 17.6. The van der Waals surface area contributed by atoms with E-state index in [0.29, 0.717) is 12.8 Å². The maximum Gasteiger partial charge on any atom is 0.306 e. The summed E-state index contributed by atoms with van der Waals surface area (Å²) in [5, 5.41) is 57.0. The Labute approximate surface area is 487 Å². The van der Waals surface area contributed by atoms with E-state index in [1.807, 2.05) is 6.08 Å². The van der Waals surface area contributed by atoms with Crippen LogP contribution in [-0.4, -0.2) is 99.6 Å². The third kappa shape index (κ3) is 42.8. The fourth-order valence-electron chi connectivity index (χ4n) is 9.14. The first-order chi connectivity index (χ1) is 39.2. The van der Waals surface area contributed by atoms with Crippen molar-refractivity contribution in [1.29, 1.82) is 0 Å². The van der Waals surface area contributed by atoms with Gasteiger partial charge in [0.1, 0.15) is 24.4 Å². The summed E-state index contributed by atoms with van der Waals surface area (Å²) in [5.74, 6) is -1.24. The van der Waals surface area contributed by atoms with Gasteiger partial charge in [-0.3, -0.25) is 9.59 Å². The number of carbonyl (C=O) groups is 2. The summed E-state index contributed by atoms with van der Waals surface area (Å²) >= 11 is 0. The maximum atomic E-state index is 13.4. The Hall–Kier alpha value is -3.94. The van der Waals surface area contributed by atoms with Crippen LogP contribution >= 0.6 is 0 Å². The molecule has 1 rings (SSSR count). The van der Waals surface area contributed by atoms with Gasteiger partial charge in [0.05, 0.1) is 25.4 Å². The number of rotatable bonds is 52. The second-order valence-corrected chi connectivity index (χ2v) is 21.4. The topological polar surface area (TPSA) is 175 Å². The van der Waals surface area contributed by atoms with Gasteiger partial charge in [0.15, 0.2) is 12.4 Å². The molecule has 0 bridgehead atoms. The first-order valence-corrected chi connectivity index (χ1v) is 31.8. The van der Waals surface area contributed by atoms with E-state index in [9.17, 15) is 35.1 Å². The quantitative estimate of drug-likeness (QED) is 0.0195. The zero-order valence-electron chi connectivity index (χ0n) is 50.4. The highest BCUT2D eigenvalue weighted by molar-refractivity contribution is 5.80. The van der Waals surface area contributed by atoms with Crippen LogP contribution in [0.3, 0.4) is 0 Å². The number of nitrogens with one attached hydrogen (secondary N) is 1. The second-order valence-electron chi connectivity index (χ2n) is 21.4. The average molecular weight is 1120 g/mol. The molecule has 8 atom stereocenters. The number of aliphatic hydroxyl groups excluding tert-OH is 5.